The zero-order valence-electron chi connectivity index (χ0n) is 21.7. The average Bonchev–Trinajstić information content (AvgIpc) is 3.20. The fourth-order valence-corrected chi connectivity index (χ4v) is 5.10. The van der Waals surface area contributed by atoms with Crippen molar-refractivity contribution in [2.45, 2.75) is 45.3 Å². The molecular weight excluding hydrogens is 468 g/mol. The van der Waals surface area contributed by atoms with Gasteiger partial charge in [0.1, 0.15) is 11.3 Å². The normalized spacial score (nSPS) is 18.6. The molecule has 0 spiro atoms. The number of hydrogen-bond acceptors (Lipinski definition) is 10. The van der Waals surface area contributed by atoms with Crippen LogP contribution in [0.1, 0.15) is 50.0 Å². The lowest BCUT2D eigenvalue weighted by atomic mass is 10.2. The number of β-amino-alcohol motifs (C(OH)–C–C–N with tert-alkyl or cyclic N) is 1. The Labute approximate surface area is 218 Å². The summed E-state index contributed by atoms with van der Waals surface area (Å²) in [4.78, 5) is 25.8. The predicted octanol–water partition coefficient (Wildman–Crippen LogP) is 2.71. The molecule has 0 aliphatic carbocycles. The van der Waals surface area contributed by atoms with Crippen molar-refractivity contribution >= 4 is 28.5 Å². The number of aliphatic hydroxyl groups excluding tert-OH is 2. The summed E-state index contributed by atoms with van der Waals surface area (Å²) in [5.74, 6) is 2.00. The summed E-state index contributed by atoms with van der Waals surface area (Å²) in [6.07, 6.45) is 7.77. The highest BCUT2D eigenvalue weighted by atomic mass is 16.3. The molecule has 5 heterocycles. The number of hydrogen-bond donors (Lipinski definition) is 3. The van der Waals surface area contributed by atoms with Gasteiger partial charge in [0.25, 0.3) is 0 Å². The number of anilines is 3. The number of aliphatic hydroxyl groups is 2. The van der Waals surface area contributed by atoms with Crippen LogP contribution in [0.15, 0.2) is 30.6 Å². The molecule has 10 nitrogen and oxygen atoms in total. The summed E-state index contributed by atoms with van der Waals surface area (Å²) in [6.45, 7) is 9.42. The monoisotopic (exact) mass is 506 g/mol. The smallest absolute Gasteiger partial charge is 0.229 e. The topological polar surface area (TPSA) is 114 Å². The van der Waals surface area contributed by atoms with Crippen molar-refractivity contribution in [3.63, 3.8) is 0 Å². The fourth-order valence-electron chi connectivity index (χ4n) is 5.10. The summed E-state index contributed by atoms with van der Waals surface area (Å²) in [7, 11) is 0. The minimum atomic E-state index is -0.653. The van der Waals surface area contributed by atoms with Crippen LogP contribution in [0.5, 0.6) is 0 Å². The average molecular weight is 507 g/mol. The first-order chi connectivity index (χ1) is 18.1. The van der Waals surface area contributed by atoms with E-state index in [4.69, 9.17) is 15.1 Å². The molecule has 5 rings (SSSR count). The quantitative estimate of drug-likeness (QED) is 0.421. The second-order valence-corrected chi connectivity index (χ2v) is 10.1. The Bertz CT molecular complexity index is 1160. The summed E-state index contributed by atoms with van der Waals surface area (Å²) >= 11 is 0. The van der Waals surface area contributed by atoms with Crippen LogP contribution >= 0.6 is 0 Å². The van der Waals surface area contributed by atoms with Gasteiger partial charge in [-0.15, -0.1) is 0 Å². The minimum absolute atomic E-state index is 0.221. The fraction of sp³-hybridized carbons (Fsp3) is 0.556. The van der Waals surface area contributed by atoms with Crippen molar-refractivity contribution in [1.29, 1.82) is 0 Å². The number of piperazine rings is 1. The molecule has 2 fully saturated rings. The molecule has 198 valence electrons. The van der Waals surface area contributed by atoms with Gasteiger partial charge in [0.2, 0.25) is 5.95 Å². The number of pyridine rings is 2. The molecular formula is C27H38N8O2. The summed E-state index contributed by atoms with van der Waals surface area (Å²) in [5.41, 5.74) is 2.60. The van der Waals surface area contributed by atoms with Gasteiger partial charge in [-0.2, -0.15) is 0 Å². The number of fused-ring (bicyclic) bond motifs is 1. The molecule has 0 saturated carbocycles. The molecule has 2 saturated heterocycles. The number of nitrogens with zero attached hydrogens (tertiary/aromatic N) is 7. The van der Waals surface area contributed by atoms with E-state index < -0.39 is 6.10 Å². The Kier molecular flexibility index (Phi) is 8.40. The lowest BCUT2D eigenvalue weighted by Crippen LogP contribution is -2.46. The van der Waals surface area contributed by atoms with E-state index in [0.29, 0.717) is 17.5 Å². The van der Waals surface area contributed by atoms with Crippen LogP contribution < -0.4 is 10.2 Å². The molecule has 2 aliphatic rings. The highest BCUT2D eigenvalue weighted by molar-refractivity contribution is 5.89. The van der Waals surface area contributed by atoms with Gasteiger partial charge in [-0.05, 0) is 37.5 Å². The summed E-state index contributed by atoms with van der Waals surface area (Å²) in [5, 5.41) is 23.5. The molecule has 37 heavy (non-hydrogen) atoms. The lowest BCUT2D eigenvalue weighted by Gasteiger charge is -2.34. The van der Waals surface area contributed by atoms with Crippen LogP contribution in [0.4, 0.5) is 17.6 Å². The largest absolute Gasteiger partial charge is 0.395 e. The highest BCUT2D eigenvalue weighted by Crippen LogP contribution is 2.29. The van der Waals surface area contributed by atoms with Gasteiger partial charge in [0, 0.05) is 70.1 Å². The Hall–Kier alpha value is -2.92. The van der Waals surface area contributed by atoms with Crippen molar-refractivity contribution in [2.24, 2.45) is 0 Å². The maximum absolute atomic E-state index is 10.2. The molecule has 3 aromatic rings. The molecule has 3 N–H and O–H groups in total. The van der Waals surface area contributed by atoms with Crippen LogP contribution in [0.2, 0.25) is 0 Å². The molecule has 2 aliphatic heterocycles. The minimum Gasteiger partial charge on any atom is -0.395 e. The first-order valence-corrected chi connectivity index (χ1v) is 13.5. The van der Waals surface area contributed by atoms with E-state index >= 15 is 0 Å². The van der Waals surface area contributed by atoms with Gasteiger partial charge in [0.15, 0.2) is 5.82 Å². The van der Waals surface area contributed by atoms with Gasteiger partial charge in [0.05, 0.1) is 18.4 Å². The first-order valence-electron chi connectivity index (χ1n) is 13.5. The third-order valence-corrected chi connectivity index (χ3v) is 7.25. The Morgan fingerprint density at radius 1 is 0.919 bits per heavy atom. The first kappa shape index (κ1) is 25.7. The maximum Gasteiger partial charge on any atom is 0.229 e. The van der Waals surface area contributed by atoms with Crippen molar-refractivity contribution in [1.82, 2.24) is 29.7 Å². The van der Waals surface area contributed by atoms with Crippen molar-refractivity contribution < 1.29 is 10.2 Å². The predicted molar refractivity (Wildman–Crippen MR) is 145 cm³/mol. The third-order valence-electron chi connectivity index (χ3n) is 7.25. The Morgan fingerprint density at radius 3 is 2.35 bits per heavy atom. The zero-order valence-corrected chi connectivity index (χ0v) is 21.7. The van der Waals surface area contributed by atoms with Crippen molar-refractivity contribution in [3.8, 4) is 0 Å². The summed E-state index contributed by atoms with van der Waals surface area (Å²) < 4.78 is 0. The van der Waals surface area contributed by atoms with Crippen LogP contribution in [0, 0.1) is 0 Å². The second kappa shape index (κ2) is 12.1. The van der Waals surface area contributed by atoms with E-state index in [-0.39, 0.29) is 6.61 Å². The molecule has 0 aromatic carbocycles. The van der Waals surface area contributed by atoms with Crippen LogP contribution in [-0.4, -0.2) is 92.4 Å². The SMILES string of the molecule is CC(O)c1cc2cnc(Nc3ccc(CN4CCN(CCO)CC4)cn3)nc2c(N2CCCCCC2)n1. The molecule has 3 aromatic heterocycles. The van der Waals surface area contributed by atoms with Crippen molar-refractivity contribution in [2.75, 3.05) is 62.6 Å². The summed E-state index contributed by atoms with van der Waals surface area (Å²) in [6, 6.07) is 5.94. The van der Waals surface area contributed by atoms with Crippen LogP contribution in [-0.2, 0) is 6.54 Å². The van der Waals surface area contributed by atoms with E-state index in [9.17, 15) is 5.11 Å². The molecule has 10 heteroatoms. The lowest BCUT2D eigenvalue weighted by molar-refractivity contribution is 0.108. The molecule has 0 bridgehead atoms. The Morgan fingerprint density at radius 2 is 1.68 bits per heavy atom. The van der Waals surface area contributed by atoms with Gasteiger partial charge in [-0.1, -0.05) is 18.9 Å². The van der Waals surface area contributed by atoms with Gasteiger partial charge in [-0.25, -0.2) is 19.9 Å². The molecule has 0 amide bonds. The zero-order chi connectivity index (χ0) is 25.6. The van der Waals surface area contributed by atoms with Gasteiger partial charge in [-0.3, -0.25) is 9.80 Å². The van der Waals surface area contributed by atoms with E-state index in [1.54, 1.807) is 13.1 Å². The van der Waals surface area contributed by atoms with E-state index in [1.165, 1.54) is 18.4 Å². The van der Waals surface area contributed by atoms with Gasteiger partial charge < -0.3 is 20.4 Å². The number of nitrogens with one attached hydrogen (secondary N) is 1. The maximum atomic E-state index is 10.2. The molecule has 1 unspecified atom stereocenters. The van der Waals surface area contributed by atoms with E-state index in [0.717, 1.165) is 81.9 Å². The highest BCUT2D eigenvalue weighted by Gasteiger charge is 2.19. The van der Waals surface area contributed by atoms with Crippen LogP contribution in [0.3, 0.4) is 0 Å². The number of rotatable bonds is 8. The molecule has 0 radical (unpaired) electrons. The van der Waals surface area contributed by atoms with Crippen LogP contribution in [0.25, 0.3) is 10.9 Å². The second-order valence-electron chi connectivity index (χ2n) is 10.1. The van der Waals surface area contributed by atoms with E-state index in [2.05, 4.69) is 36.1 Å². The number of aromatic nitrogens is 4. The van der Waals surface area contributed by atoms with Gasteiger partial charge >= 0.3 is 0 Å². The Balaban J connectivity index is 1.30. The van der Waals surface area contributed by atoms with Crippen molar-refractivity contribution in [3.05, 3.63) is 41.9 Å². The van der Waals surface area contributed by atoms with E-state index in [1.807, 2.05) is 18.3 Å². The standard InChI is InChI=1S/C27H38N8O2/c1-20(37)23-16-22-18-29-27(32-25(22)26(30-23)35-8-4-2-3-5-9-35)31-24-7-6-21(17-28-24)19-34-12-10-33(11-13-34)14-15-36/h6-7,16-18,20,36-37H,2-5,8-15,19H2,1H3,(H,28,29,31,32). The molecule has 1 atom stereocenters. The third kappa shape index (κ3) is 6.51.